The van der Waals surface area contributed by atoms with Gasteiger partial charge < -0.3 is 25.6 Å². The molecule has 14 heteroatoms. The number of nitrogens with zero attached hydrogens (tertiary/aromatic N) is 5. The second-order valence-electron chi connectivity index (χ2n) is 6.12. The van der Waals surface area contributed by atoms with Gasteiger partial charge in [0.2, 0.25) is 5.95 Å². The minimum atomic E-state index is -3.92. The van der Waals surface area contributed by atoms with Crippen LogP contribution in [0.2, 0.25) is 0 Å². The predicted molar refractivity (Wildman–Crippen MR) is 95.1 cm³/mol. The highest BCUT2D eigenvalue weighted by molar-refractivity contribution is 7.59. The van der Waals surface area contributed by atoms with Crippen molar-refractivity contribution < 1.29 is 24.4 Å². The first-order valence-corrected chi connectivity index (χ1v) is 9.70. The minimum Gasteiger partial charge on any atom is -0.387 e. The van der Waals surface area contributed by atoms with E-state index in [4.69, 9.17) is 10.5 Å². The zero-order valence-corrected chi connectivity index (χ0v) is 15.0. The molecule has 13 nitrogen and oxygen atoms in total. The van der Waals surface area contributed by atoms with E-state index >= 15 is 0 Å². The van der Waals surface area contributed by atoms with Gasteiger partial charge in [0.1, 0.15) is 24.6 Å². The number of anilines is 1. The molecule has 5 atom stereocenters. The smallest absolute Gasteiger partial charge is 0.321 e. The van der Waals surface area contributed by atoms with Crippen molar-refractivity contribution in [1.82, 2.24) is 28.8 Å². The molecular formula is C14H16N7O6P. The highest BCUT2D eigenvalue weighted by atomic mass is 31.2. The van der Waals surface area contributed by atoms with E-state index in [1.165, 1.54) is 35.7 Å². The summed E-state index contributed by atoms with van der Waals surface area (Å²) in [7, 11) is -3.92. The van der Waals surface area contributed by atoms with Gasteiger partial charge in [0.05, 0.1) is 6.33 Å². The monoisotopic (exact) mass is 409 g/mol. The van der Waals surface area contributed by atoms with E-state index < -0.39 is 37.6 Å². The number of ether oxygens (including phenoxy) is 1. The van der Waals surface area contributed by atoms with Gasteiger partial charge in [-0.25, -0.2) is 9.97 Å². The number of fused-ring (bicyclic) bond motifs is 1. The molecule has 0 amide bonds. The Kier molecular flexibility index (Phi) is 4.40. The summed E-state index contributed by atoms with van der Waals surface area (Å²) >= 11 is 0. The SMILES string of the molecule is Nc1nc2c(ncn2[C@@H]2O[C@H](/C=C\P(=O)(O)n3ccnc3)[C@H](O)C2O)c(=O)[nH]1. The van der Waals surface area contributed by atoms with Gasteiger partial charge in [0, 0.05) is 18.2 Å². The van der Waals surface area contributed by atoms with Crippen LogP contribution in [0.4, 0.5) is 5.95 Å². The predicted octanol–water partition coefficient (Wildman–Crippen LogP) is -1.24. The third-order valence-corrected chi connectivity index (χ3v) is 5.75. The maximum atomic E-state index is 12.3. The number of aliphatic hydroxyl groups is 2. The lowest BCUT2D eigenvalue weighted by Crippen LogP contribution is -2.30. The molecule has 148 valence electrons. The third-order valence-electron chi connectivity index (χ3n) is 4.29. The average Bonchev–Trinajstić information content (AvgIpc) is 3.35. The van der Waals surface area contributed by atoms with Crippen LogP contribution in [0.5, 0.6) is 0 Å². The molecular weight excluding hydrogens is 393 g/mol. The van der Waals surface area contributed by atoms with Gasteiger partial charge in [-0.3, -0.25) is 23.2 Å². The van der Waals surface area contributed by atoms with Gasteiger partial charge in [-0.1, -0.05) is 0 Å². The van der Waals surface area contributed by atoms with Crippen LogP contribution in [0.3, 0.4) is 0 Å². The molecule has 0 bridgehead atoms. The van der Waals surface area contributed by atoms with Gasteiger partial charge in [-0.2, -0.15) is 4.98 Å². The van der Waals surface area contributed by atoms with Crippen LogP contribution in [0.15, 0.2) is 41.7 Å². The van der Waals surface area contributed by atoms with Crippen LogP contribution in [0.1, 0.15) is 6.23 Å². The highest BCUT2D eigenvalue weighted by Gasteiger charge is 2.43. The van der Waals surface area contributed by atoms with E-state index in [0.29, 0.717) is 0 Å². The Bertz CT molecular complexity index is 1140. The van der Waals surface area contributed by atoms with Crippen LogP contribution < -0.4 is 11.3 Å². The number of aromatic nitrogens is 6. The van der Waals surface area contributed by atoms with E-state index in [2.05, 4.69) is 19.9 Å². The summed E-state index contributed by atoms with van der Waals surface area (Å²) in [5.41, 5.74) is 5.03. The number of aliphatic hydroxyl groups excluding tert-OH is 2. The number of nitrogens with two attached hydrogens (primary N) is 1. The molecule has 0 radical (unpaired) electrons. The van der Waals surface area contributed by atoms with Crippen molar-refractivity contribution in [3.05, 3.63) is 47.3 Å². The molecule has 0 spiro atoms. The Hall–Kier alpha value is -2.83. The van der Waals surface area contributed by atoms with Crippen molar-refractivity contribution in [2.24, 2.45) is 0 Å². The minimum absolute atomic E-state index is 0.0153. The average molecular weight is 409 g/mol. The molecule has 6 N–H and O–H groups in total. The van der Waals surface area contributed by atoms with Gasteiger partial charge in [0.15, 0.2) is 17.4 Å². The zero-order valence-electron chi connectivity index (χ0n) is 14.1. The largest absolute Gasteiger partial charge is 0.387 e. The van der Waals surface area contributed by atoms with E-state index in [1.54, 1.807) is 0 Å². The van der Waals surface area contributed by atoms with E-state index in [1.807, 2.05) is 0 Å². The molecule has 4 heterocycles. The Labute approximate surface area is 156 Å². The summed E-state index contributed by atoms with van der Waals surface area (Å²) in [6, 6.07) is 0. The fourth-order valence-corrected chi connectivity index (χ4v) is 3.91. The van der Waals surface area contributed by atoms with E-state index in [9.17, 15) is 24.5 Å². The Morgan fingerprint density at radius 1 is 1.32 bits per heavy atom. The van der Waals surface area contributed by atoms with Crippen molar-refractivity contribution in [1.29, 1.82) is 0 Å². The number of nitrogens with one attached hydrogen (secondary N) is 1. The Balaban J connectivity index is 1.63. The lowest BCUT2D eigenvalue weighted by molar-refractivity contribution is -0.0244. The number of rotatable bonds is 4. The van der Waals surface area contributed by atoms with E-state index in [0.717, 1.165) is 10.2 Å². The summed E-state index contributed by atoms with van der Waals surface area (Å²) in [4.78, 5) is 35.8. The van der Waals surface area contributed by atoms with Crippen molar-refractivity contribution in [3.8, 4) is 0 Å². The summed E-state index contributed by atoms with van der Waals surface area (Å²) in [5.74, 6) is 0.829. The summed E-state index contributed by atoms with van der Waals surface area (Å²) in [6.07, 6.45) is 1.20. The second kappa shape index (κ2) is 6.65. The van der Waals surface area contributed by atoms with Crippen LogP contribution in [-0.2, 0) is 9.30 Å². The normalized spacial score (nSPS) is 27.5. The topological polar surface area (TPSA) is 194 Å². The molecule has 3 aromatic heterocycles. The third kappa shape index (κ3) is 3.04. The van der Waals surface area contributed by atoms with Gasteiger partial charge in [-0.15, -0.1) is 0 Å². The quantitative estimate of drug-likeness (QED) is 0.325. The number of imidazole rings is 2. The molecule has 0 saturated carbocycles. The van der Waals surface area contributed by atoms with Crippen LogP contribution in [0.25, 0.3) is 11.2 Å². The second-order valence-corrected chi connectivity index (χ2v) is 8.06. The molecule has 2 unspecified atom stereocenters. The van der Waals surface area contributed by atoms with Crippen molar-refractivity contribution in [2.75, 3.05) is 5.73 Å². The van der Waals surface area contributed by atoms with Crippen molar-refractivity contribution in [2.45, 2.75) is 24.5 Å². The number of H-pyrrole nitrogens is 1. The molecule has 4 rings (SSSR count). The molecule has 28 heavy (non-hydrogen) atoms. The molecule has 0 aromatic carbocycles. The van der Waals surface area contributed by atoms with Gasteiger partial charge in [0.25, 0.3) is 5.56 Å². The number of hydrogen-bond acceptors (Lipinski definition) is 9. The molecule has 0 aliphatic carbocycles. The zero-order chi connectivity index (χ0) is 20.1. The maximum absolute atomic E-state index is 12.3. The summed E-state index contributed by atoms with van der Waals surface area (Å²) in [6.45, 7) is 0. The standard InChI is InChI=1S/C14H16N7O6P/c15-14-18-11-8(12(24)19-14)17-6-21(11)13-10(23)9(22)7(27-13)1-4-28(25,26)20-3-2-16-5-20/h1-7,9-10,13,22-23H,(H,25,26)(H3,15,18,19,24)/b4-1-/t7-,9+,10?,13-/m1/s1. The van der Waals surface area contributed by atoms with Crippen LogP contribution in [0, 0.1) is 0 Å². The van der Waals surface area contributed by atoms with E-state index in [-0.39, 0.29) is 17.1 Å². The Morgan fingerprint density at radius 2 is 2.11 bits per heavy atom. The number of hydrogen-bond donors (Lipinski definition) is 5. The molecule has 1 aliphatic rings. The van der Waals surface area contributed by atoms with Crippen molar-refractivity contribution in [3.63, 3.8) is 0 Å². The molecule has 1 saturated heterocycles. The highest BCUT2D eigenvalue weighted by Crippen LogP contribution is 2.44. The summed E-state index contributed by atoms with van der Waals surface area (Å²) in [5, 5.41) is 20.6. The first-order valence-electron chi connectivity index (χ1n) is 8.02. The fraction of sp³-hybridized carbons (Fsp3) is 0.286. The first-order chi connectivity index (χ1) is 13.3. The van der Waals surface area contributed by atoms with Gasteiger partial charge in [-0.05, 0) is 6.08 Å². The molecule has 1 fully saturated rings. The number of aromatic amines is 1. The van der Waals surface area contributed by atoms with Crippen molar-refractivity contribution >= 4 is 24.6 Å². The lowest BCUT2D eigenvalue weighted by atomic mass is 10.1. The molecule has 1 aliphatic heterocycles. The fourth-order valence-electron chi connectivity index (χ4n) is 2.90. The Morgan fingerprint density at radius 3 is 2.82 bits per heavy atom. The van der Waals surface area contributed by atoms with Crippen LogP contribution in [-0.4, -0.2) is 62.3 Å². The lowest BCUT2D eigenvalue weighted by Gasteiger charge is -2.16. The van der Waals surface area contributed by atoms with Crippen LogP contribution >= 0.6 is 7.52 Å². The molecule has 3 aromatic rings. The summed E-state index contributed by atoms with van der Waals surface area (Å²) < 4.78 is 20.2. The van der Waals surface area contributed by atoms with Gasteiger partial charge >= 0.3 is 7.52 Å². The maximum Gasteiger partial charge on any atom is 0.321 e. The number of nitrogen functional groups attached to an aromatic ring is 1. The first kappa shape index (κ1) is 18.5.